The molecule has 1 N–H and O–H groups in total. The summed E-state index contributed by atoms with van der Waals surface area (Å²) in [4.78, 5) is 29.5. The third kappa shape index (κ3) is 2.38. The van der Waals surface area contributed by atoms with Crippen LogP contribution >= 0.6 is 11.3 Å². The van der Waals surface area contributed by atoms with E-state index in [4.69, 9.17) is 0 Å². The predicted octanol–water partition coefficient (Wildman–Crippen LogP) is 1.15. The van der Waals surface area contributed by atoms with E-state index in [1.165, 1.54) is 4.88 Å². The second kappa shape index (κ2) is 4.61. The molecule has 0 atom stereocenters. The first kappa shape index (κ1) is 11.1. The van der Waals surface area contributed by atoms with E-state index in [-0.39, 0.29) is 11.9 Å². The van der Waals surface area contributed by atoms with Crippen LogP contribution in [0.4, 0.5) is 4.79 Å². The first-order valence-corrected chi connectivity index (χ1v) is 6.03. The minimum atomic E-state index is -0.315. The van der Waals surface area contributed by atoms with Crippen molar-refractivity contribution in [1.29, 1.82) is 0 Å². The Morgan fingerprint density at radius 2 is 2.38 bits per heavy atom. The number of carbonyl (C=O) groups excluding carboxylic acids is 2. The third-order valence-corrected chi connectivity index (χ3v) is 3.54. The Morgan fingerprint density at radius 3 is 3.00 bits per heavy atom. The van der Waals surface area contributed by atoms with Gasteiger partial charge in [-0.3, -0.25) is 10.1 Å². The fourth-order valence-electron chi connectivity index (χ4n) is 1.50. The summed E-state index contributed by atoms with van der Waals surface area (Å²) >= 11 is 1.61. The summed E-state index contributed by atoms with van der Waals surface area (Å²) in [6.07, 6.45) is 3.17. The lowest BCUT2D eigenvalue weighted by molar-refractivity contribution is -0.121. The first-order chi connectivity index (χ1) is 7.69. The maximum absolute atomic E-state index is 11.5. The van der Waals surface area contributed by atoms with E-state index in [1.54, 1.807) is 16.2 Å². The molecule has 3 amide bonds. The molecule has 0 radical (unpaired) electrons. The molecule has 1 aliphatic heterocycles. The van der Waals surface area contributed by atoms with E-state index in [1.807, 2.05) is 6.20 Å². The van der Waals surface area contributed by atoms with E-state index < -0.39 is 0 Å². The maximum Gasteiger partial charge on any atom is 0.324 e. The van der Waals surface area contributed by atoms with Gasteiger partial charge < -0.3 is 4.90 Å². The van der Waals surface area contributed by atoms with Crippen molar-refractivity contribution >= 4 is 23.3 Å². The molecule has 0 saturated carbocycles. The zero-order valence-electron chi connectivity index (χ0n) is 9.02. The van der Waals surface area contributed by atoms with Crippen molar-refractivity contribution in [1.82, 2.24) is 15.2 Å². The van der Waals surface area contributed by atoms with Crippen LogP contribution in [-0.2, 0) is 17.8 Å². The van der Waals surface area contributed by atoms with Gasteiger partial charge in [0.1, 0.15) is 5.01 Å². The van der Waals surface area contributed by atoms with E-state index >= 15 is 0 Å². The summed E-state index contributed by atoms with van der Waals surface area (Å²) in [5, 5.41) is 3.21. The largest absolute Gasteiger partial charge is 0.324 e. The van der Waals surface area contributed by atoms with Gasteiger partial charge in [0, 0.05) is 24.0 Å². The van der Waals surface area contributed by atoms with E-state index in [0.29, 0.717) is 19.5 Å². The van der Waals surface area contributed by atoms with Crippen molar-refractivity contribution in [3.05, 3.63) is 16.1 Å². The average Bonchev–Trinajstić information content (AvgIpc) is 2.70. The number of rotatable bonds is 3. The van der Waals surface area contributed by atoms with Crippen molar-refractivity contribution < 1.29 is 9.59 Å². The van der Waals surface area contributed by atoms with Crippen molar-refractivity contribution in [2.45, 2.75) is 26.3 Å². The first-order valence-electron chi connectivity index (χ1n) is 5.21. The molecule has 2 heterocycles. The number of carbonyl (C=O) groups is 2. The highest BCUT2D eigenvalue weighted by atomic mass is 32.1. The molecule has 2 rings (SSSR count). The summed E-state index contributed by atoms with van der Waals surface area (Å²) in [5.74, 6) is -0.199. The monoisotopic (exact) mass is 239 g/mol. The second-order valence-electron chi connectivity index (χ2n) is 3.60. The zero-order chi connectivity index (χ0) is 11.5. The van der Waals surface area contributed by atoms with Gasteiger partial charge >= 0.3 is 6.03 Å². The summed E-state index contributed by atoms with van der Waals surface area (Å²) in [7, 11) is 0. The third-order valence-electron chi connectivity index (χ3n) is 2.42. The van der Waals surface area contributed by atoms with Gasteiger partial charge in [-0.1, -0.05) is 6.92 Å². The normalized spacial score (nSPS) is 16.4. The van der Waals surface area contributed by atoms with Gasteiger partial charge in [-0.25, -0.2) is 9.78 Å². The lowest BCUT2D eigenvalue weighted by Gasteiger charge is -2.25. The molecule has 16 heavy (non-hydrogen) atoms. The lowest BCUT2D eigenvalue weighted by atomic mass is 10.3. The fraction of sp³-hybridized carbons (Fsp3) is 0.500. The molecule has 1 aliphatic rings. The standard InChI is InChI=1S/C10H13N3O2S/c1-2-7-5-11-9(16-7)6-13-4-3-8(14)12-10(13)15/h5H,2-4,6H2,1H3,(H,12,14,15). The number of imide groups is 1. The van der Waals surface area contributed by atoms with Crippen LogP contribution in [0.25, 0.3) is 0 Å². The SMILES string of the molecule is CCc1cnc(CN2CCC(=O)NC2=O)s1. The second-order valence-corrected chi connectivity index (χ2v) is 4.80. The number of thiazole rings is 1. The van der Waals surface area contributed by atoms with Gasteiger partial charge in [0.15, 0.2) is 0 Å². The smallest absolute Gasteiger partial charge is 0.317 e. The van der Waals surface area contributed by atoms with Gasteiger partial charge in [-0.05, 0) is 6.42 Å². The van der Waals surface area contributed by atoms with Crippen molar-refractivity contribution in [3.8, 4) is 0 Å². The van der Waals surface area contributed by atoms with Gasteiger partial charge in [-0.2, -0.15) is 0 Å². The van der Waals surface area contributed by atoms with E-state index in [0.717, 1.165) is 11.4 Å². The quantitative estimate of drug-likeness (QED) is 0.860. The van der Waals surface area contributed by atoms with Crippen LogP contribution in [0.3, 0.4) is 0 Å². The van der Waals surface area contributed by atoms with E-state index in [2.05, 4.69) is 17.2 Å². The summed E-state index contributed by atoms with van der Waals surface area (Å²) in [6, 6.07) is -0.315. The maximum atomic E-state index is 11.5. The number of nitrogens with one attached hydrogen (secondary N) is 1. The van der Waals surface area contributed by atoms with Crippen LogP contribution in [0, 0.1) is 0 Å². The molecule has 0 unspecified atom stereocenters. The van der Waals surface area contributed by atoms with Crippen LogP contribution < -0.4 is 5.32 Å². The summed E-state index contributed by atoms with van der Waals surface area (Å²) in [6.45, 7) is 3.04. The minimum absolute atomic E-state index is 0.199. The number of aryl methyl sites for hydroxylation is 1. The highest BCUT2D eigenvalue weighted by Gasteiger charge is 2.23. The molecule has 1 fully saturated rings. The Labute approximate surface area is 97.5 Å². The summed E-state index contributed by atoms with van der Waals surface area (Å²) in [5.41, 5.74) is 0. The van der Waals surface area contributed by atoms with Gasteiger partial charge in [0.05, 0.1) is 6.54 Å². The molecule has 1 aromatic heterocycles. The van der Waals surface area contributed by atoms with Gasteiger partial charge in [0.2, 0.25) is 5.91 Å². The van der Waals surface area contributed by atoms with Gasteiger partial charge in [-0.15, -0.1) is 11.3 Å². The molecule has 0 spiro atoms. The Bertz CT molecular complexity index is 416. The van der Waals surface area contributed by atoms with Gasteiger partial charge in [0.25, 0.3) is 0 Å². The Balaban J connectivity index is 1.99. The van der Waals surface area contributed by atoms with E-state index in [9.17, 15) is 9.59 Å². The number of urea groups is 1. The number of hydrogen-bond acceptors (Lipinski definition) is 4. The number of aromatic nitrogens is 1. The zero-order valence-corrected chi connectivity index (χ0v) is 9.84. The van der Waals surface area contributed by atoms with Crippen molar-refractivity contribution in [2.75, 3.05) is 6.54 Å². The highest BCUT2D eigenvalue weighted by molar-refractivity contribution is 7.11. The molecule has 86 valence electrons. The molecule has 5 nitrogen and oxygen atoms in total. The van der Waals surface area contributed by atoms with Crippen LogP contribution in [-0.4, -0.2) is 28.4 Å². The molecule has 0 aromatic carbocycles. The van der Waals surface area contributed by atoms with Crippen LogP contribution in [0.2, 0.25) is 0 Å². The molecular formula is C10H13N3O2S. The van der Waals surface area contributed by atoms with Crippen molar-refractivity contribution in [3.63, 3.8) is 0 Å². The van der Waals surface area contributed by atoms with Crippen LogP contribution in [0.15, 0.2) is 6.20 Å². The lowest BCUT2D eigenvalue weighted by Crippen LogP contribution is -2.48. The molecular weight excluding hydrogens is 226 g/mol. The van der Waals surface area contributed by atoms with Crippen LogP contribution in [0.1, 0.15) is 23.2 Å². The molecule has 0 aliphatic carbocycles. The number of amides is 3. The fourth-order valence-corrected chi connectivity index (χ4v) is 2.38. The predicted molar refractivity (Wildman–Crippen MR) is 60.1 cm³/mol. The minimum Gasteiger partial charge on any atom is -0.317 e. The molecule has 6 heteroatoms. The number of hydrogen-bond donors (Lipinski definition) is 1. The number of nitrogens with zero attached hydrogens (tertiary/aromatic N) is 2. The molecule has 0 bridgehead atoms. The summed E-state index contributed by atoms with van der Waals surface area (Å²) < 4.78 is 0. The Hall–Kier alpha value is -1.43. The Kier molecular flexibility index (Phi) is 3.19. The van der Waals surface area contributed by atoms with Crippen molar-refractivity contribution in [2.24, 2.45) is 0 Å². The highest BCUT2D eigenvalue weighted by Crippen LogP contribution is 2.16. The molecule has 1 saturated heterocycles. The molecule has 1 aromatic rings. The topological polar surface area (TPSA) is 62.3 Å². The van der Waals surface area contributed by atoms with Crippen LogP contribution in [0.5, 0.6) is 0 Å². The Morgan fingerprint density at radius 1 is 1.56 bits per heavy atom. The average molecular weight is 239 g/mol.